The highest BCUT2D eigenvalue weighted by atomic mass is 35.5. The van der Waals surface area contributed by atoms with Gasteiger partial charge in [-0.1, -0.05) is 23.2 Å². The molecule has 0 aromatic heterocycles. The molecule has 0 fully saturated rings. The van der Waals surface area contributed by atoms with Crippen molar-refractivity contribution in [1.29, 1.82) is 0 Å². The number of phenols is 1. The minimum Gasteiger partial charge on any atom is -0.506 e. The fraction of sp³-hybridized carbons (Fsp3) is 0.0909. The van der Waals surface area contributed by atoms with E-state index in [1.54, 1.807) is 62.4 Å². The first-order valence-electron chi connectivity index (χ1n) is 8.94. The molecular formula is C22H19Cl2N3O3. The molecule has 6 nitrogen and oxygen atoms in total. The van der Waals surface area contributed by atoms with Gasteiger partial charge in [0.15, 0.2) is 0 Å². The van der Waals surface area contributed by atoms with Crippen LogP contribution in [0.2, 0.25) is 10.0 Å². The Hall–Kier alpha value is -3.22. The number of nitrogen functional groups attached to an aromatic ring is 1. The first-order chi connectivity index (χ1) is 14.2. The van der Waals surface area contributed by atoms with Crippen molar-refractivity contribution in [1.82, 2.24) is 0 Å². The Kier molecular flexibility index (Phi) is 6.20. The highest BCUT2D eigenvalue weighted by Crippen LogP contribution is 2.35. The molecule has 5 N–H and O–H groups in total. The van der Waals surface area contributed by atoms with Crippen molar-refractivity contribution in [2.45, 2.75) is 13.8 Å². The maximum Gasteiger partial charge on any atom is 0.259 e. The summed E-state index contributed by atoms with van der Waals surface area (Å²) in [5.74, 6) is -1.64. The number of carbonyl (C=O) groups excluding carboxylic acids is 2. The summed E-state index contributed by atoms with van der Waals surface area (Å²) >= 11 is 11.7. The topological polar surface area (TPSA) is 104 Å². The van der Waals surface area contributed by atoms with Gasteiger partial charge in [-0.3, -0.25) is 9.59 Å². The van der Waals surface area contributed by atoms with E-state index in [0.717, 1.165) is 0 Å². The molecule has 3 aromatic rings. The molecular weight excluding hydrogens is 425 g/mol. The quantitative estimate of drug-likeness (QED) is 0.319. The molecule has 0 aliphatic rings. The number of anilines is 3. The largest absolute Gasteiger partial charge is 0.506 e. The Bertz CT molecular complexity index is 1040. The van der Waals surface area contributed by atoms with E-state index in [1.165, 1.54) is 0 Å². The average Bonchev–Trinajstić information content (AvgIpc) is 2.70. The number of phenolic OH excluding ortho intramolecular Hbond substituents is 1. The van der Waals surface area contributed by atoms with Crippen molar-refractivity contribution in [3.05, 3.63) is 80.8 Å². The van der Waals surface area contributed by atoms with Crippen LogP contribution in [0.15, 0.2) is 48.5 Å². The van der Waals surface area contributed by atoms with Crippen LogP contribution in [0.3, 0.4) is 0 Å². The summed E-state index contributed by atoms with van der Waals surface area (Å²) in [5, 5.41) is 17.2. The van der Waals surface area contributed by atoms with Gasteiger partial charge in [0.25, 0.3) is 11.8 Å². The molecule has 0 radical (unpaired) electrons. The zero-order valence-corrected chi connectivity index (χ0v) is 17.7. The van der Waals surface area contributed by atoms with Gasteiger partial charge in [0.2, 0.25) is 0 Å². The second-order valence-corrected chi connectivity index (χ2v) is 7.56. The molecule has 0 aliphatic heterocycles. The Labute approximate surface area is 183 Å². The van der Waals surface area contributed by atoms with Crippen LogP contribution < -0.4 is 16.4 Å². The monoisotopic (exact) mass is 443 g/mol. The molecule has 0 saturated heterocycles. The maximum absolute atomic E-state index is 12.9. The number of hydrogen-bond donors (Lipinski definition) is 4. The summed E-state index contributed by atoms with van der Waals surface area (Å²) in [6, 6.07) is 13.0. The van der Waals surface area contributed by atoms with Gasteiger partial charge in [-0.2, -0.15) is 0 Å². The van der Waals surface area contributed by atoms with Gasteiger partial charge >= 0.3 is 0 Å². The molecule has 154 valence electrons. The predicted octanol–water partition coefficient (Wildman–Crippen LogP) is 5.40. The van der Waals surface area contributed by atoms with Gasteiger partial charge in [0.05, 0.1) is 11.1 Å². The summed E-state index contributed by atoms with van der Waals surface area (Å²) < 4.78 is 0. The second-order valence-electron chi connectivity index (χ2n) is 6.68. The van der Waals surface area contributed by atoms with Crippen LogP contribution in [0.5, 0.6) is 5.75 Å². The lowest BCUT2D eigenvalue weighted by molar-refractivity contribution is 0.102. The molecule has 2 amide bonds. The van der Waals surface area contributed by atoms with E-state index in [2.05, 4.69) is 10.6 Å². The van der Waals surface area contributed by atoms with Crippen molar-refractivity contribution in [2.24, 2.45) is 0 Å². The number of carbonyl (C=O) groups is 2. The lowest BCUT2D eigenvalue weighted by Gasteiger charge is -2.18. The summed E-state index contributed by atoms with van der Waals surface area (Å²) in [4.78, 5) is 25.7. The fourth-order valence-corrected chi connectivity index (χ4v) is 3.29. The van der Waals surface area contributed by atoms with Gasteiger partial charge in [0.1, 0.15) is 5.75 Å². The van der Waals surface area contributed by atoms with Crippen LogP contribution in [0.4, 0.5) is 17.1 Å². The lowest BCUT2D eigenvalue weighted by Crippen LogP contribution is -2.20. The van der Waals surface area contributed by atoms with Gasteiger partial charge in [-0.15, -0.1) is 0 Å². The van der Waals surface area contributed by atoms with Crippen LogP contribution in [-0.2, 0) is 0 Å². The van der Waals surface area contributed by atoms with Crippen molar-refractivity contribution >= 4 is 52.1 Å². The first-order valence-corrected chi connectivity index (χ1v) is 9.70. The van der Waals surface area contributed by atoms with Crippen LogP contribution in [0.25, 0.3) is 0 Å². The molecule has 3 rings (SSSR count). The number of benzene rings is 3. The lowest BCUT2D eigenvalue weighted by atomic mass is 9.94. The van der Waals surface area contributed by atoms with Gasteiger partial charge in [-0.25, -0.2) is 0 Å². The van der Waals surface area contributed by atoms with Crippen LogP contribution in [0, 0.1) is 13.8 Å². The summed E-state index contributed by atoms with van der Waals surface area (Å²) in [5.41, 5.74) is 7.96. The Morgan fingerprint density at radius 3 is 1.43 bits per heavy atom. The van der Waals surface area contributed by atoms with Crippen molar-refractivity contribution in [3.63, 3.8) is 0 Å². The molecule has 3 aromatic carbocycles. The smallest absolute Gasteiger partial charge is 0.259 e. The van der Waals surface area contributed by atoms with Crippen molar-refractivity contribution < 1.29 is 14.7 Å². The summed E-state index contributed by atoms with van der Waals surface area (Å²) in [7, 11) is 0. The molecule has 0 atom stereocenters. The molecule has 0 spiro atoms. The van der Waals surface area contributed by atoms with Gasteiger partial charge in [-0.05, 0) is 73.5 Å². The minimum absolute atomic E-state index is 0.0747. The Morgan fingerprint density at radius 2 is 1.10 bits per heavy atom. The SMILES string of the molecule is Cc1c(N)c(C)c(C(=O)Nc2ccc(Cl)cc2)c(O)c1C(=O)Nc1ccc(Cl)cc1. The standard InChI is InChI=1S/C22H19Cl2N3O3/c1-11-17(21(29)26-15-7-3-13(23)4-8-15)20(28)18(12(2)19(11)25)22(30)27-16-9-5-14(24)6-10-16/h3-10,28H,25H2,1-2H3,(H,26,29)(H,27,30). The van der Waals surface area contributed by atoms with Crippen molar-refractivity contribution in [2.75, 3.05) is 16.4 Å². The molecule has 0 bridgehead atoms. The maximum atomic E-state index is 12.9. The third-order valence-electron chi connectivity index (χ3n) is 4.69. The zero-order chi connectivity index (χ0) is 22.0. The van der Waals surface area contributed by atoms with Gasteiger partial charge < -0.3 is 21.5 Å². The van der Waals surface area contributed by atoms with Crippen LogP contribution >= 0.6 is 23.2 Å². The van der Waals surface area contributed by atoms with E-state index in [9.17, 15) is 14.7 Å². The number of nitrogens with two attached hydrogens (primary N) is 1. The minimum atomic E-state index is -0.598. The van der Waals surface area contributed by atoms with E-state index in [-0.39, 0.29) is 16.8 Å². The highest BCUT2D eigenvalue weighted by molar-refractivity contribution is 6.31. The molecule has 0 heterocycles. The molecule has 0 aliphatic carbocycles. The molecule has 0 saturated carbocycles. The van der Waals surface area contributed by atoms with Crippen LogP contribution in [0.1, 0.15) is 31.8 Å². The number of nitrogens with one attached hydrogen (secondary N) is 2. The predicted molar refractivity (Wildman–Crippen MR) is 121 cm³/mol. The summed E-state index contributed by atoms with van der Waals surface area (Å²) in [6.45, 7) is 3.22. The molecule has 30 heavy (non-hydrogen) atoms. The Balaban J connectivity index is 1.99. The average molecular weight is 444 g/mol. The van der Waals surface area contributed by atoms with Gasteiger partial charge in [0, 0.05) is 27.1 Å². The number of amides is 2. The Morgan fingerprint density at radius 1 is 0.767 bits per heavy atom. The summed E-state index contributed by atoms with van der Waals surface area (Å²) in [6.07, 6.45) is 0. The van der Waals surface area contributed by atoms with E-state index in [1.807, 2.05) is 0 Å². The molecule has 8 heteroatoms. The first kappa shape index (κ1) is 21.5. The van der Waals surface area contributed by atoms with E-state index >= 15 is 0 Å². The van der Waals surface area contributed by atoms with E-state index in [4.69, 9.17) is 28.9 Å². The third kappa shape index (κ3) is 4.35. The number of halogens is 2. The second kappa shape index (κ2) is 8.65. The van der Waals surface area contributed by atoms with E-state index < -0.39 is 17.6 Å². The van der Waals surface area contributed by atoms with E-state index in [0.29, 0.717) is 32.5 Å². The highest BCUT2D eigenvalue weighted by Gasteiger charge is 2.26. The van der Waals surface area contributed by atoms with Crippen LogP contribution in [-0.4, -0.2) is 16.9 Å². The number of aromatic hydroxyl groups is 1. The number of hydrogen-bond acceptors (Lipinski definition) is 4. The van der Waals surface area contributed by atoms with Crippen molar-refractivity contribution in [3.8, 4) is 5.75 Å². The normalized spacial score (nSPS) is 10.5. The zero-order valence-electron chi connectivity index (χ0n) is 16.2. The fourth-order valence-electron chi connectivity index (χ4n) is 3.04. The third-order valence-corrected chi connectivity index (χ3v) is 5.19. The molecule has 0 unspecified atom stereocenters. The number of rotatable bonds is 4.